The Bertz CT molecular complexity index is 937. The van der Waals surface area contributed by atoms with Crippen molar-refractivity contribution in [3.05, 3.63) is 77.4 Å². The summed E-state index contributed by atoms with van der Waals surface area (Å²) in [6.07, 6.45) is -0.507. The fourth-order valence-electron chi connectivity index (χ4n) is 5.17. The van der Waals surface area contributed by atoms with Gasteiger partial charge in [-0.3, -0.25) is 0 Å². The number of methoxy groups -OCH3 is 1. The molecule has 0 aromatic heterocycles. The topological polar surface area (TPSA) is 15.7 Å². The number of alkyl halides is 3. The second kappa shape index (κ2) is 9.51. The minimum absolute atomic E-state index is 0.216. The molecule has 2 fully saturated rings. The molecule has 2 aliphatic rings. The van der Waals surface area contributed by atoms with Gasteiger partial charge in [-0.05, 0) is 67.5 Å². The van der Waals surface area contributed by atoms with E-state index in [1.165, 1.54) is 17.7 Å². The van der Waals surface area contributed by atoms with Crippen LogP contribution in [-0.4, -0.2) is 50.1 Å². The lowest BCUT2D eigenvalue weighted by atomic mass is 9.83. The minimum atomic E-state index is -4.29. The van der Waals surface area contributed by atoms with Gasteiger partial charge in [0.25, 0.3) is 0 Å². The van der Waals surface area contributed by atoms with Gasteiger partial charge in [0, 0.05) is 39.0 Å². The van der Waals surface area contributed by atoms with Crippen LogP contribution in [0.1, 0.15) is 53.9 Å². The van der Waals surface area contributed by atoms with Crippen LogP contribution >= 0.6 is 0 Å². The summed E-state index contributed by atoms with van der Waals surface area (Å²) in [5, 5.41) is 0. The van der Waals surface area contributed by atoms with E-state index in [0.717, 1.165) is 68.7 Å². The van der Waals surface area contributed by atoms with Gasteiger partial charge in [-0.15, -0.1) is 0 Å². The molecule has 2 heterocycles. The van der Waals surface area contributed by atoms with Gasteiger partial charge in [-0.25, -0.2) is 0 Å². The van der Waals surface area contributed by atoms with Gasteiger partial charge in [0.05, 0.1) is 11.2 Å². The first-order valence-corrected chi connectivity index (χ1v) is 11.7. The number of rotatable bonds is 5. The second-order valence-electron chi connectivity index (χ2n) is 9.41. The summed E-state index contributed by atoms with van der Waals surface area (Å²) in [6.45, 7) is 8.08. The van der Waals surface area contributed by atoms with Gasteiger partial charge in [0.1, 0.15) is 0 Å². The molecule has 2 saturated heterocycles. The maximum absolute atomic E-state index is 12.8. The molecule has 0 radical (unpaired) electrons. The molecule has 2 aromatic rings. The molecule has 0 amide bonds. The predicted octanol–water partition coefficient (Wildman–Crippen LogP) is 6.12. The van der Waals surface area contributed by atoms with E-state index in [1.54, 1.807) is 19.2 Å². The Morgan fingerprint density at radius 3 is 2.03 bits per heavy atom. The fourth-order valence-corrected chi connectivity index (χ4v) is 5.17. The summed E-state index contributed by atoms with van der Waals surface area (Å²) in [7, 11) is 3.95. The quantitative estimate of drug-likeness (QED) is 0.537. The zero-order valence-electron chi connectivity index (χ0n) is 19.5. The third-order valence-corrected chi connectivity index (χ3v) is 7.52. The number of benzene rings is 2. The van der Waals surface area contributed by atoms with Crippen molar-refractivity contribution in [2.75, 3.05) is 40.3 Å². The molecule has 0 N–H and O–H groups in total. The standard InChI is InChI=1S/C27H33F3N2O/c1-20(21-4-8-24(9-5-21)26(33-3)14-18-31(2)19-15-26)32-16-12-23(13-17-32)22-6-10-25(11-7-22)27(28,29)30/h4-11,23H,1,12-19H2,2-3H3. The van der Waals surface area contributed by atoms with Crippen molar-refractivity contribution in [1.82, 2.24) is 9.80 Å². The first kappa shape index (κ1) is 23.8. The Hall–Kier alpha value is -2.31. The van der Waals surface area contributed by atoms with E-state index >= 15 is 0 Å². The molecule has 178 valence electrons. The molecule has 0 atom stereocenters. The Balaban J connectivity index is 1.37. The summed E-state index contributed by atoms with van der Waals surface area (Å²) in [6, 6.07) is 14.3. The number of hydrogen-bond acceptors (Lipinski definition) is 3. The molecule has 4 rings (SSSR count). The molecule has 2 aliphatic heterocycles. The van der Waals surface area contributed by atoms with E-state index in [1.807, 2.05) is 0 Å². The zero-order valence-corrected chi connectivity index (χ0v) is 19.5. The molecule has 0 saturated carbocycles. The maximum Gasteiger partial charge on any atom is 0.416 e. The highest BCUT2D eigenvalue weighted by atomic mass is 19.4. The van der Waals surface area contributed by atoms with Gasteiger partial charge < -0.3 is 14.5 Å². The van der Waals surface area contributed by atoms with Crippen molar-refractivity contribution in [3.8, 4) is 0 Å². The third kappa shape index (κ3) is 5.12. The van der Waals surface area contributed by atoms with E-state index in [9.17, 15) is 13.2 Å². The summed E-state index contributed by atoms with van der Waals surface area (Å²) < 4.78 is 44.5. The number of hydrogen-bond donors (Lipinski definition) is 0. The van der Waals surface area contributed by atoms with Crippen LogP contribution in [0, 0.1) is 0 Å². The molecule has 33 heavy (non-hydrogen) atoms. The molecular formula is C27H33F3N2O. The van der Waals surface area contributed by atoms with Gasteiger partial charge in [-0.1, -0.05) is 43.0 Å². The Morgan fingerprint density at radius 1 is 0.939 bits per heavy atom. The van der Waals surface area contributed by atoms with E-state index in [0.29, 0.717) is 0 Å². The van der Waals surface area contributed by atoms with Gasteiger partial charge in [-0.2, -0.15) is 13.2 Å². The predicted molar refractivity (Wildman–Crippen MR) is 126 cm³/mol. The minimum Gasteiger partial charge on any atom is -0.373 e. The van der Waals surface area contributed by atoms with Crippen molar-refractivity contribution < 1.29 is 17.9 Å². The van der Waals surface area contributed by atoms with Crippen LogP contribution in [0.25, 0.3) is 5.70 Å². The third-order valence-electron chi connectivity index (χ3n) is 7.52. The SMILES string of the molecule is C=C(c1ccc(C2(OC)CCN(C)CC2)cc1)N1CCC(c2ccc(C(F)(F)F)cc2)CC1. The molecule has 3 nitrogen and oxygen atoms in total. The number of piperidine rings is 2. The van der Waals surface area contributed by atoms with Gasteiger partial charge in [0.2, 0.25) is 0 Å². The number of ether oxygens (including phenoxy) is 1. The van der Waals surface area contributed by atoms with Crippen LogP contribution < -0.4 is 0 Å². The van der Waals surface area contributed by atoms with Crippen molar-refractivity contribution in [3.63, 3.8) is 0 Å². The van der Waals surface area contributed by atoms with Crippen LogP contribution in [0.15, 0.2) is 55.1 Å². The van der Waals surface area contributed by atoms with Crippen LogP contribution in [0.2, 0.25) is 0 Å². The first-order valence-electron chi connectivity index (χ1n) is 11.7. The number of nitrogens with zero attached hydrogens (tertiary/aromatic N) is 2. The summed E-state index contributed by atoms with van der Waals surface area (Å²) >= 11 is 0. The molecule has 0 aliphatic carbocycles. The average Bonchev–Trinajstić information content (AvgIpc) is 2.84. The highest BCUT2D eigenvalue weighted by Gasteiger charge is 2.35. The average molecular weight is 459 g/mol. The Labute approximate surface area is 194 Å². The lowest BCUT2D eigenvalue weighted by molar-refractivity contribution is -0.137. The highest BCUT2D eigenvalue weighted by Crippen LogP contribution is 2.37. The van der Waals surface area contributed by atoms with Crippen LogP contribution in [0.3, 0.4) is 0 Å². The number of halogens is 3. The van der Waals surface area contributed by atoms with Crippen LogP contribution in [0.5, 0.6) is 0 Å². The van der Waals surface area contributed by atoms with E-state index in [2.05, 4.69) is 47.7 Å². The molecule has 6 heteroatoms. The van der Waals surface area contributed by atoms with E-state index < -0.39 is 11.7 Å². The Kier molecular flexibility index (Phi) is 6.87. The lowest BCUT2D eigenvalue weighted by Gasteiger charge is -2.40. The molecule has 2 aromatic carbocycles. The van der Waals surface area contributed by atoms with E-state index in [-0.39, 0.29) is 11.5 Å². The fraction of sp³-hybridized carbons (Fsp3) is 0.481. The van der Waals surface area contributed by atoms with Gasteiger partial charge in [0.15, 0.2) is 0 Å². The monoisotopic (exact) mass is 458 g/mol. The van der Waals surface area contributed by atoms with Gasteiger partial charge >= 0.3 is 6.18 Å². The van der Waals surface area contributed by atoms with Crippen LogP contribution in [-0.2, 0) is 16.5 Å². The lowest BCUT2D eigenvalue weighted by Crippen LogP contribution is -2.42. The first-order chi connectivity index (χ1) is 15.7. The van der Waals surface area contributed by atoms with Crippen molar-refractivity contribution in [2.45, 2.75) is 43.4 Å². The molecule has 0 unspecified atom stereocenters. The summed E-state index contributed by atoms with van der Waals surface area (Å²) in [5.74, 6) is 0.282. The zero-order chi connectivity index (χ0) is 23.6. The maximum atomic E-state index is 12.8. The largest absolute Gasteiger partial charge is 0.416 e. The normalized spacial score (nSPS) is 20.1. The molecular weight excluding hydrogens is 425 g/mol. The van der Waals surface area contributed by atoms with Crippen molar-refractivity contribution in [1.29, 1.82) is 0 Å². The van der Waals surface area contributed by atoms with Crippen LogP contribution in [0.4, 0.5) is 13.2 Å². The summed E-state index contributed by atoms with van der Waals surface area (Å²) in [4.78, 5) is 4.62. The van der Waals surface area contributed by atoms with Crippen molar-refractivity contribution in [2.24, 2.45) is 0 Å². The highest BCUT2D eigenvalue weighted by molar-refractivity contribution is 5.62. The Morgan fingerprint density at radius 2 is 1.52 bits per heavy atom. The number of likely N-dealkylation sites (tertiary alicyclic amines) is 2. The summed E-state index contributed by atoms with van der Waals surface area (Å²) in [5.41, 5.74) is 3.51. The van der Waals surface area contributed by atoms with Crippen molar-refractivity contribution >= 4 is 5.70 Å². The smallest absolute Gasteiger partial charge is 0.373 e. The molecule has 0 spiro atoms. The molecule has 0 bridgehead atoms. The van der Waals surface area contributed by atoms with E-state index in [4.69, 9.17) is 4.74 Å². The second-order valence-corrected chi connectivity index (χ2v) is 9.41.